The summed E-state index contributed by atoms with van der Waals surface area (Å²) in [6, 6.07) is 14.3. The molecule has 2 rings (SSSR count). The lowest BCUT2D eigenvalue weighted by molar-refractivity contribution is -0.137. The molecule has 112 valence electrons. The van der Waals surface area contributed by atoms with Gasteiger partial charge >= 0.3 is 5.97 Å². The Kier molecular flexibility index (Phi) is 6.07. The van der Waals surface area contributed by atoms with Gasteiger partial charge in [-0.3, -0.25) is 4.79 Å². The van der Waals surface area contributed by atoms with Gasteiger partial charge in [0, 0.05) is 11.8 Å². The number of carboxylic acids is 1. The van der Waals surface area contributed by atoms with Crippen LogP contribution >= 0.6 is 0 Å². The van der Waals surface area contributed by atoms with Crippen molar-refractivity contribution in [3.63, 3.8) is 0 Å². The fourth-order valence-corrected chi connectivity index (χ4v) is 2.41. The average molecular weight is 286 g/mol. The normalized spacial score (nSPS) is 10.7. The molecule has 0 radical (unpaired) electrons. The molecule has 3 nitrogen and oxygen atoms in total. The van der Waals surface area contributed by atoms with E-state index in [1.165, 1.54) is 5.39 Å². The van der Waals surface area contributed by atoms with Gasteiger partial charge in [0.05, 0.1) is 6.61 Å². The van der Waals surface area contributed by atoms with E-state index in [1.807, 2.05) is 24.3 Å². The molecule has 0 aliphatic rings. The largest absolute Gasteiger partial charge is 0.493 e. The molecule has 1 N–H and O–H groups in total. The molecule has 0 fully saturated rings. The molecular formula is C18H22O3. The van der Waals surface area contributed by atoms with E-state index in [1.54, 1.807) is 0 Å². The van der Waals surface area contributed by atoms with Crippen molar-refractivity contribution >= 4 is 16.7 Å². The molecule has 2 aromatic carbocycles. The Morgan fingerprint density at radius 3 is 2.48 bits per heavy atom. The summed E-state index contributed by atoms with van der Waals surface area (Å²) < 4.78 is 5.87. The Bertz CT molecular complexity index is 572. The minimum absolute atomic E-state index is 0.284. The van der Waals surface area contributed by atoms with E-state index in [9.17, 15) is 4.79 Å². The molecule has 21 heavy (non-hydrogen) atoms. The van der Waals surface area contributed by atoms with Gasteiger partial charge in [0.15, 0.2) is 0 Å². The SMILES string of the molecule is O=C(O)CCCCCCCOc1cccc2ccccc12. The van der Waals surface area contributed by atoms with Crippen LogP contribution in [0.2, 0.25) is 0 Å². The quantitative estimate of drug-likeness (QED) is 0.683. The highest BCUT2D eigenvalue weighted by atomic mass is 16.5. The summed E-state index contributed by atoms with van der Waals surface area (Å²) in [5, 5.41) is 10.9. The maximum Gasteiger partial charge on any atom is 0.303 e. The first-order valence-corrected chi connectivity index (χ1v) is 7.60. The summed E-state index contributed by atoms with van der Waals surface area (Å²) in [6.07, 6.45) is 5.22. The summed E-state index contributed by atoms with van der Waals surface area (Å²) >= 11 is 0. The molecule has 0 aliphatic carbocycles. The Morgan fingerprint density at radius 1 is 0.905 bits per heavy atom. The highest BCUT2D eigenvalue weighted by molar-refractivity contribution is 5.88. The zero-order chi connectivity index (χ0) is 14.9. The number of aliphatic carboxylic acids is 1. The number of unbranched alkanes of at least 4 members (excludes halogenated alkanes) is 4. The monoisotopic (exact) mass is 286 g/mol. The van der Waals surface area contributed by atoms with Crippen molar-refractivity contribution in [1.29, 1.82) is 0 Å². The number of carboxylic acid groups (broad SMARTS) is 1. The van der Waals surface area contributed by atoms with Crippen LogP contribution in [0.5, 0.6) is 5.75 Å². The summed E-state index contributed by atoms with van der Waals surface area (Å²) in [5.74, 6) is 0.244. The lowest BCUT2D eigenvalue weighted by Gasteiger charge is -2.09. The summed E-state index contributed by atoms with van der Waals surface area (Å²) in [5.41, 5.74) is 0. The van der Waals surface area contributed by atoms with Crippen LogP contribution in [0, 0.1) is 0 Å². The van der Waals surface area contributed by atoms with Gasteiger partial charge in [-0.2, -0.15) is 0 Å². The molecule has 0 heterocycles. The van der Waals surface area contributed by atoms with Crippen LogP contribution in [0.1, 0.15) is 38.5 Å². The Hall–Kier alpha value is -2.03. The number of fused-ring (bicyclic) bond motifs is 1. The topological polar surface area (TPSA) is 46.5 Å². The highest BCUT2D eigenvalue weighted by Crippen LogP contribution is 2.25. The zero-order valence-corrected chi connectivity index (χ0v) is 12.3. The van der Waals surface area contributed by atoms with Crippen LogP contribution in [0.4, 0.5) is 0 Å². The molecule has 0 saturated heterocycles. The van der Waals surface area contributed by atoms with Gasteiger partial charge in [0.2, 0.25) is 0 Å². The van der Waals surface area contributed by atoms with E-state index in [2.05, 4.69) is 18.2 Å². The maximum absolute atomic E-state index is 10.4. The Morgan fingerprint density at radius 2 is 1.62 bits per heavy atom. The van der Waals surface area contributed by atoms with Crippen molar-refractivity contribution < 1.29 is 14.6 Å². The van der Waals surface area contributed by atoms with Gasteiger partial charge in [-0.1, -0.05) is 55.7 Å². The fraction of sp³-hybridized carbons (Fsp3) is 0.389. The maximum atomic E-state index is 10.4. The zero-order valence-electron chi connectivity index (χ0n) is 12.3. The van der Waals surface area contributed by atoms with Gasteiger partial charge in [-0.25, -0.2) is 0 Å². The first-order valence-electron chi connectivity index (χ1n) is 7.60. The number of hydrogen-bond donors (Lipinski definition) is 1. The van der Waals surface area contributed by atoms with Crippen LogP contribution in [0.15, 0.2) is 42.5 Å². The average Bonchev–Trinajstić information content (AvgIpc) is 2.50. The van der Waals surface area contributed by atoms with E-state index in [4.69, 9.17) is 9.84 Å². The molecule has 0 aliphatic heterocycles. The van der Waals surface area contributed by atoms with E-state index in [-0.39, 0.29) is 6.42 Å². The lowest BCUT2D eigenvalue weighted by Crippen LogP contribution is -1.98. The number of hydrogen-bond acceptors (Lipinski definition) is 2. The molecule has 3 heteroatoms. The summed E-state index contributed by atoms with van der Waals surface area (Å²) in [6.45, 7) is 0.715. The second kappa shape index (κ2) is 8.30. The van der Waals surface area contributed by atoms with Crippen molar-refractivity contribution in [3.05, 3.63) is 42.5 Å². The van der Waals surface area contributed by atoms with E-state index in [0.717, 1.165) is 43.2 Å². The molecule has 0 unspecified atom stereocenters. The molecule has 2 aromatic rings. The predicted octanol–water partition coefficient (Wildman–Crippen LogP) is 4.64. The van der Waals surface area contributed by atoms with Crippen molar-refractivity contribution in [2.75, 3.05) is 6.61 Å². The van der Waals surface area contributed by atoms with Gasteiger partial charge in [0.1, 0.15) is 5.75 Å². The number of carbonyl (C=O) groups is 1. The van der Waals surface area contributed by atoms with Crippen molar-refractivity contribution in [3.8, 4) is 5.75 Å². The minimum atomic E-state index is -0.700. The Balaban J connectivity index is 1.67. The van der Waals surface area contributed by atoms with Crippen LogP contribution in [-0.4, -0.2) is 17.7 Å². The molecule has 0 atom stereocenters. The third-order valence-corrected chi connectivity index (χ3v) is 3.54. The minimum Gasteiger partial charge on any atom is -0.493 e. The van der Waals surface area contributed by atoms with Crippen molar-refractivity contribution in [2.24, 2.45) is 0 Å². The summed E-state index contributed by atoms with van der Waals surface area (Å²) in [7, 11) is 0. The highest BCUT2D eigenvalue weighted by Gasteiger charge is 2.01. The van der Waals surface area contributed by atoms with Crippen molar-refractivity contribution in [2.45, 2.75) is 38.5 Å². The number of rotatable bonds is 9. The second-order valence-corrected chi connectivity index (χ2v) is 5.24. The Labute approximate surface area is 125 Å². The van der Waals surface area contributed by atoms with Crippen LogP contribution in [-0.2, 0) is 4.79 Å². The van der Waals surface area contributed by atoms with Crippen LogP contribution in [0.25, 0.3) is 10.8 Å². The van der Waals surface area contributed by atoms with E-state index < -0.39 is 5.97 Å². The van der Waals surface area contributed by atoms with Gasteiger partial charge in [0.25, 0.3) is 0 Å². The lowest BCUT2D eigenvalue weighted by atomic mass is 10.1. The van der Waals surface area contributed by atoms with Gasteiger partial charge < -0.3 is 9.84 Å². The smallest absolute Gasteiger partial charge is 0.303 e. The molecule has 0 amide bonds. The van der Waals surface area contributed by atoms with Crippen LogP contribution in [0.3, 0.4) is 0 Å². The molecule has 0 aromatic heterocycles. The fourth-order valence-electron chi connectivity index (χ4n) is 2.41. The molecule has 0 spiro atoms. The van der Waals surface area contributed by atoms with E-state index in [0.29, 0.717) is 6.61 Å². The van der Waals surface area contributed by atoms with Crippen molar-refractivity contribution in [1.82, 2.24) is 0 Å². The molecule has 0 saturated carbocycles. The second-order valence-electron chi connectivity index (χ2n) is 5.24. The first-order chi connectivity index (χ1) is 10.3. The third kappa shape index (κ3) is 5.10. The number of benzene rings is 2. The van der Waals surface area contributed by atoms with Gasteiger partial charge in [-0.05, 0) is 24.3 Å². The first kappa shape index (κ1) is 15.4. The predicted molar refractivity (Wildman–Crippen MR) is 84.8 cm³/mol. The standard InChI is InChI=1S/C18H22O3/c19-18(20)13-4-2-1-3-7-14-21-17-12-8-10-15-9-5-6-11-16(15)17/h5-6,8-12H,1-4,7,13-14H2,(H,19,20). The molecular weight excluding hydrogens is 264 g/mol. The van der Waals surface area contributed by atoms with Gasteiger partial charge in [-0.15, -0.1) is 0 Å². The van der Waals surface area contributed by atoms with E-state index >= 15 is 0 Å². The number of ether oxygens (including phenoxy) is 1. The molecule has 0 bridgehead atoms. The van der Waals surface area contributed by atoms with Crippen LogP contribution < -0.4 is 4.74 Å². The summed E-state index contributed by atoms with van der Waals surface area (Å²) in [4.78, 5) is 10.4. The third-order valence-electron chi connectivity index (χ3n) is 3.54.